The summed E-state index contributed by atoms with van der Waals surface area (Å²) in [6, 6.07) is 16.6. The highest BCUT2D eigenvalue weighted by atomic mass is 16.5. The van der Waals surface area contributed by atoms with Crippen LogP contribution in [0.15, 0.2) is 54.6 Å². The number of benzene rings is 2. The van der Waals surface area contributed by atoms with Crippen LogP contribution in [0.25, 0.3) is 17.0 Å². The molecule has 4 aromatic rings. The molecule has 0 radical (unpaired) electrons. The van der Waals surface area contributed by atoms with Gasteiger partial charge in [0.15, 0.2) is 17.6 Å². The lowest BCUT2D eigenvalue weighted by Crippen LogP contribution is -2.38. The highest BCUT2D eigenvalue weighted by molar-refractivity contribution is 5.80. The normalized spacial score (nSPS) is 11.7. The van der Waals surface area contributed by atoms with Gasteiger partial charge in [-0.05, 0) is 55.3 Å². The van der Waals surface area contributed by atoms with E-state index in [-0.39, 0.29) is 12.5 Å². The summed E-state index contributed by atoms with van der Waals surface area (Å²) in [4.78, 5) is 12.4. The predicted molar refractivity (Wildman–Crippen MR) is 134 cm³/mol. The van der Waals surface area contributed by atoms with Gasteiger partial charge in [-0.1, -0.05) is 19.1 Å². The summed E-state index contributed by atoms with van der Waals surface area (Å²) in [5.41, 5.74) is 2.44. The predicted octanol–water partition coefficient (Wildman–Crippen LogP) is 3.33. The monoisotopic (exact) mass is 491 g/mol. The van der Waals surface area contributed by atoms with E-state index >= 15 is 0 Å². The fourth-order valence-corrected chi connectivity index (χ4v) is 3.54. The number of hydrogen-bond donors (Lipinski definition) is 1. The molecular formula is C26H29N5O5. The number of methoxy groups -OCH3 is 2. The SMILES string of the molecule is CCc1ccc(OC(C)C(=O)NCCOc2ccc3nnc(-c4cc(OC)ccc4OC)n3n2)cc1. The molecule has 0 saturated heterocycles. The first kappa shape index (κ1) is 24.8. The summed E-state index contributed by atoms with van der Waals surface area (Å²) >= 11 is 0. The number of hydrogen-bond acceptors (Lipinski definition) is 8. The Bertz CT molecular complexity index is 1320. The van der Waals surface area contributed by atoms with Crippen LogP contribution in [0.4, 0.5) is 0 Å². The number of aromatic nitrogens is 4. The highest BCUT2D eigenvalue weighted by Gasteiger charge is 2.17. The fourth-order valence-electron chi connectivity index (χ4n) is 3.54. The maximum absolute atomic E-state index is 12.4. The summed E-state index contributed by atoms with van der Waals surface area (Å²) in [6.07, 6.45) is 0.316. The molecular weight excluding hydrogens is 462 g/mol. The molecule has 4 rings (SSSR count). The number of carbonyl (C=O) groups excluding carboxylic acids is 1. The number of aryl methyl sites for hydroxylation is 1. The van der Waals surface area contributed by atoms with Crippen LogP contribution >= 0.6 is 0 Å². The molecule has 0 spiro atoms. The van der Waals surface area contributed by atoms with Crippen molar-refractivity contribution in [3.05, 3.63) is 60.2 Å². The molecule has 0 aliphatic rings. The van der Waals surface area contributed by atoms with Gasteiger partial charge in [0.2, 0.25) is 5.88 Å². The summed E-state index contributed by atoms with van der Waals surface area (Å²) in [7, 11) is 3.17. The van der Waals surface area contributed by atoms with Crippen molar-refractivity contribution in [2.45, 2.75) is 26.4 Å². The van der Waals surface area contributed by atoms with Crippen LogP contribution in [-0.4, -0.2) is 59.2 Å². The van der Waals surface area contributed by atoms with Crippen LogP contribution in [0.5, 0.6) is 23.1 Å². The van der Waals surface area contributed by atoms with Crippen molar-refractivity contribution in [3.63, 3.8) is 0 Å². The van der Waals surface area contributed by atoms with E-state index in [4.69, 9.17) is 18.9 Å². The first-order valence-electron chi connectivity index (χ1n) is 11.6. The minimum atomic E-state index is -0.635. The van der Waals surface area contributed by atoms with Crippen LogP contribution < -0.4 is 24.3 Å². The quantitative estimate of drug-likeness (QED) is 0.318. The average molecular weight is 492 g/mol. The topological polar surface area (TPSA) is 109 Å². The number of nitrogens with zero attached hydrogens (tertiary/aromatic N) is 4. The Morgan fingerprint density at radius 3 is 2.50 bits per heavy atom. The molecule has 1 atom stereocenters. The Labute approximate surface area is 209 Å². The Morgan fingerprint density at radius 2 is 1.78 bits per heavy atom. The molecule has 0 saturated carbocycles. The summed E-state index contributed by atoms with van der Waals surface area (Å²) < 4.78 is 23.8. The summed E-state index contributed by atoms with van der Waals surface area (Å²) in [5, 5.41) is 15.8. The lowest BCUT2D eigenvalue weighted by Gasteiger charge is -2.15. The van der Waals surface area contributed by atoms with E-state index in [2.05, 4.69) is 27.5 Å². The number of rotatable bonds is 11. The maximum Gasteiger partial charge on any atom is 0.260 e. The number of amides is 1. The van der Waals surface area contributed by atoms with E-state index in [1.807, 2.05) is 24.3 Å². The zero-order chi connectivity index (χ0) is 25.5. The van der Waals surface area contributed by atoms with Crippen molar-refractivity contribution in [3.8, 4) is 34.5 Å². The Morgan fingerprint density at radius 1 is 1.00 bits per heavy atom. The third kappa shape index (κ3) is 5.65. The van der Waals surface area contributed by atoms with Gasteiger partial charge in [0.05, 0.1) is 26.3 Å². The number of nitrogens with one attached hydrogen (secondary N) is 1. The average Bonchev–Trinajstić information content (AvgIpc) is 3.34. The second-order valence-electron chi connectivity index (χ2n) is 7.93. The smallest absolute Gasteiger partial charge is 0.260 e. The number of fused-ring (bicyclic) bond motifs is 1. The highest BCUT2D eigenvalue weighted by Crippen LogP contribution is 2.32. The fraction of sp³-hybridized carbons (Fsp3) is 0.308. The first-order valence-corrected chi connectivity index (χ1v) is 11.6. The molecule has 36 heavy (non-hydrogen) atoms. The molecule has 1 N–H and O–H groups in total. The minimum absolute atomic E-state index is 0.224. The van der Waals surface area contributed by atoms with Crippen molar-refractivity contribution in [1.82, 2.24) is 25.1 Å². The molecule has 1 amide bonds. The van der Waals surface area contributed by atoms with Crippen LogP contribution in [0, 0.1) is 0 Å². The Balaban J connectivity index is 1.36. The molecule has 2 heterocycles. The van der Waals surface area contributed by atoms with Gasteiger partial charge in [-0.2, -0.15) is 4.52 Å². The first-order chi connectivity index (χ1) is 17.5. The molecule has 0 bridgehead atoms. The molecule has 2 aromatic carbocycles. The molecule has 2 aromatic heterocycles. The van der Waals surface area contributed by atoms with Crippen molar-refractivity contribution < 1.29 is 23.7 Å². The van der Waals surface area contributed by atoms with Crippen LogP contribution in [0.1, 0.15) is 19.4 Å². The summed E-state index contributed by atoms with van der Waals surface area (Å²) in [5.74, 6) is 2.53. The lowest BCUT2D eigenvalue weighted by molar-refractivity contribution is -0.127. The molecule has 10 nitrogen and oxygen atoms in total. The van der Waals surface area contributed by atoms with E-state index < -0.39 is 6.10 Å². The lowest BCUT2D eigenvalue weighted by atomic mass is 10.2. The number of carbonyl (C=O) groups is 1. The second kappa shape index (κ2) is 11.4. The maximum atomic E-state index is 12.4. The zero-order valence-corrected chi connectivity index (χ0v) is 20.7. The van der Waals surface area contributed by atoms with Crippen molar-refractivity contribution in [2.75, 3.05) is 27.4 Å². The largest absolute Gasteiger partial charge is 0.497 e. The van der Waals surface area contributed by atoms with Gasteiger partial charge in [0, 0.05) is 6.07 Å². The van der Waals surface area contributed by atoms with E-state index in [9.17, 15) is 4.79 Å². The standard InChI is InChI=1S/C26H29N5O5/c1-5-18-6-8-19(9-7-18)36-17(2)26(32)27-14-15-35-24-13-12-23-28-29-25(31(23)30-24)21-16-20(33-3)10-11-22(21)34-4/h6-13,16-17H,5,14-15H2,1-4H3,(H,27,32). The van der Waals surface area contributed by atoms with Gasteiger partial charge in [0.25, 0.3) is 5.91 Å². The van der Waals surface area contributed by atoms with E-state index in [0.29, 0.717) is 46.7 Å². The zero-order valence-electron chi connectivity index (χ0n) is 20.7. The van der Waals surface area contributed by atoms with Crippen LogP contribution in [-0.2, 0) is 11.2 Å². The van der Waals surface area contributed by atoms with Gasteiger partial charge in [0.1, 0.15) is 23.9 Å². The number of ether oxygens (including phenoxy) is 4. The van der Waals surface area contributed by atoms with Crippen LogP contribution in [0.3, 0.4) is 0 Å². The van der Waals surface area contributed by atoms with Gasteiger partial charge < -0.3 is 24.3 Å². The molecule has 0 aliphatic heterocycles. The third-order valence-electron chi connectivity index (χ3n) is 5.55. The van der Waals surface area contributed by atoms with Crippen molar-refractivity contribution in [2.24, 2.45) is 0 Å². The van der Waals surface area contributed by atoms with E-state index in [1.54, 1.807) is 56.0 Å². The molecule has 188 valence electrons. The van der Waals surface area contributed by atoms with Gasteiger partial charge >= 0.3 is 0 Å². The molecule has 0 fully saturated rings. The minimum Gasteiger partial charge on any atom is -0.497 e. The van der Waals surface area contributed by atoms with Gasteiger partial charge in [-0.3, -0.25) is 4.79 Å². The van der Waals surface area contributed by atoms with Crippen molar-refractivity contribution in [1.29, 1.82) is 0 Å². The Kier molecular flexibility index (Phi) is 7.84. The Hall–Kier alpha value is -4.34. The molecule has 1 unspecified atom stereocenters. The van der Waals surface area contributed by atoms with E-state index in [1.165, 1.54) is 5.56 Å². The molecule has 10 heteroatoms. The van der Waals surface area contributed by atoms with E-state index in [0.717, 1.165) is 6.42 Å². The van der Waals surface area contributed by atoms with Gasteiger partial charge in [-0.25, -0.2) is 0 Å². The summed E-state index contributed by atoms with van der Waals surface area (Å²) in [6.45, 7) is 4.31. The second-order valence-corrected chi connectivity index (χ2v) is 7.93. The third-order valence-corrected chi connectivity index (χ3v) is 5.55. The van der Waals surface area contributed by atoms with Crippen molar-refractivity contribution >= 4 is 11.6 Å². The van der Waals surface area contributed by atoms with Crippen LogP contribution in [0.2, 0.25) is 0 Å². The molecule has 0 aliphatic carbocycles. The van der Waals surface area contributed by atoms with Gasteiger partial charge in [-0.15, -0.1) is 15.3 Å².